The van der Waals surface area contributed by atoms with Crippen molar-refractivity contribution >= 4 is 39.2 Å². The van der Waals surface area contributed by atoms with Crippen molar-refractivity contribution in [2.45, 2.75) is 6.42 Å². The van der Waals surface area contributed by atoms with Crippen molar-refractivity contribution in [1.29, 1.82) is 0 Å². The summed E-state index contributed by atoms with van der Waals surface area (Å²) in [5.41, 5.74) is 0.0472. The summed E-state index contributed by atoms with van der Waals surface area (Å²) in [6.45, 7) is 0. The molecule has 0 fully saturated rings. The fraction of sp³-hybridized carbons (Fsp3) is 0.222. The number of nitro groups is 1. The monoisotopic (exact) mass is 307 g/mol. The summed E-state index contributed by atoms with van der Waals surface area (Å²) in [7, 11) is 1.22. The smallest absolute Gasteiger partial charge is 0.310 e. The minimum absolute atomic E-state index is 0.176. The Kier molecular flexibility index (Phi) is 4.26. The molecule has 0 saturated carbocycles. The molecule has 0 saturated heterocycles. The fourth-order valence-electron chi connectivity index (χ4n) is 1.14. The topological polar surface area (TPSA) is 69.4 Å². The lowest BCUT2D eigenvalue weighted by Gasteiger charge is -2.05. The molecular formula is C9H7BrClNO4. The van der Waals surface area contributed by atoms with Crippen molar-refractivity contribution in [3.05, 3.63) is 37.3 Å². The van der Waals surface area contributed by atoms with Gasteiger partial charge in [-0.1, -0.05) is 27.5 Å². The van der Waals surface area contributed by atoms with E-state index in [0.29, 0.717) is 4.47 Å². The Morgan fingerprint density at radius 3 is 2.75 bits per heavy atom. The highest BCUT2D eigenvalue weighted by atomic mass is 79.9. The van der Waals surface area contributed by atoms with Gasteiger partial charge in [-0.05, 0) is 6.07 Å². The molecule has 0 heterocycles. The van der Waals surface area contributed by atoms with Gasteiger partial charge in [0.15, 0.2) is 0 Å². The molecule has 0 amide bonds. The summed E-state index contributed by atoms with van der Waals surface area (Å²) in [4.78, 5) is 21.3. The third kappa shape index (κ3) is 2.93. The van der Waals surface area contributed by atoms with E-state index < -0.39 is 10.9 Å². The van der Waals surface area contributed by atoms with Gasteiger partial charge >= 0.3 is 5.97 Å². The van der Waals surface area contributed by atoms with Crippen LogP contribution >= 0.6 is 27.5 Å². The van der Waals surface area contributed by atoms with Gasteiger partial charge in [0.05, 0.1) is 24.0 Å². The molecule has 0 spiro atoms. The molecule has 7 heteroatoms. The van der Waals surface area contributed by atoms with E-state index in [-0.39, 0.29) is 22.7 Å². The van der Waals surface area contributed by atoms with Crippen LogP contribution in [0.25, 0.3) is 0 Å². The van der Waals surface area contributed by atoms with Gasteiger partial charge in [-0.3, -0.25) is 14.9 Å². The lowest BCUT2D eigenvalue weighted by atomic mass is 10.1. The Morgan fingerprint density at radius 1 is 1.62 bits per heavy atom. The Hall–Kier alpha value is -1.14. The van der Waals surface area contributed by atoms with E-state index >= 15 is 0 Å². The molecule has 86 valence electrons. The van der Waals surface area contributed by atoms with E-state index in [1.165, 1.54) is 19.2 Å². The van der Waals surface area contributed by atoms with Crippen LogP contribution in [0.2, 0.25) is 5.02 Å². The number of esters is 1. The van der Waals surface area contributed by atoms with E-state index in [4.69, 9.17) is 11.6 Å². The molecule has 0 aliphatic carbocycles. The van der Waals surface area contributed by atoms with E-state index in [1.54, 1.807) is 0 Å². The highest BCUT2D eigenvalue weighted by Gasteiger charge is 2.20. The first-order valence-electron chi connectivity index (χ1n) is 4.15. The zero-order valence-corrected chi connectivity index (χ0v) is 10.5. The lowest BCUT2D eigenvalue weighted by molar-refractivity contribution is -0.385. The summed E-state index contributed by atoms with van der Waals surface area (Å²) in [5, 5.41) is 11.0. The van der Waals surface area contributed by atoms with Crippen LogP contribution in [0, 0.1) is 10.1 Å². The Balaban J connectivity index is 3.24. The molecule has 0 aliphatic heterocycles. The number of nitro benzene ring substituents is 1. The maximum Gasteiger partial charge on any atom is 0.310 e. The molecule has 1 aromatic rings. The largest absolute Gasteiger partial charge is 0.469 e. The van der Waals surface area contributed by atoms with Gasteiger partial charge in [0, 0.05) is 15.6 Å². The molecule has 0 bridgehead atoms. The van der Waals surface area contributed by atoms with E-state index in [9.17, 15) is 14.9 Å². The lowest BCUT2D eigenvalue weighted by Crippen LogP contribution is -2.07. The zero-order valence-electron chi connectivity index (χ0n) is 8.20. The number of carbonyl (C=O) groups is 1. The number of nitrogens with zero attached hydrogens (tertiary/aromatic N) is 1. The Bertz CT molecular complexity index is 449. The molecule has 0 unspecified atom stereocenters. The summed E-state index contributed by atoms with van der Waals surface area (Å²) in [5.74, 6) is -0.550. The van der Waals surface area contributed by atoms with Crippen LogP contribution in [0.5, 0.6) is 0 Å². The maximum absolute atomic E-state index is 11.1. The van der Waals surface area contributed by atoms with Gasteiger partial charge in [0.1, 0.15) is 0 Å². The third-order valence-corrected chi connectivity index (χ3v) is 2.81. The van der Waals surface area contributed by atoms with Gasteiger partial charge in [0.2, 0.25) is 0 Å². The van der Waals surface area contributed by atoms with Crippen molar-refractivity contribution in [2.24, 2.45) is 0 Å². The first-order valence-corrected chi connectivity index (χ1v) is 5.32. The predicted octanol–water partition coefficient (Wildman–Crippen LogP) is 2.73. The quantitative estimate of drug-likeness (QED) is 0.489. The summed E-state index contributed by atoms with van der Waals surface area (Å²) in [6.07, 6.45) is -0.176. The molecule has 0 radical (unpaired) electrons. The average Bonchev–Trinajstić information content (AvgIpc) is 2.20. The number of rotatable bonds is 3. The highest BCUT2D eigenvalue weighted by Crippen LogP contribution is 2.31. The third-order valence-electron chi connectivity index (χ3n) is 1.88. The normalized spacial score (nSPS) is 9.94. The number of halogens is 2. The van der Waals surface area contributed by atoms with Crippen LogP contribution in [0.4, 0.5) is 5.69 Å². The molecule has 0 aromatic heterocycles. The van der Waals surface area contributed by atoms with E-state index in [2.05, 4.69) is 20.7 Å². The van der Waals surface area contributed by atoms with Gasteiger partial charge in [-0.15, -0.1) is 0 Å². The number of carbonyl (C=O) groups excluding carboxylic acids is 1. The first-order chi connectivity index (χ1) is 7.45. The Labute approximate surface area is 105 Å². The van der Waals surface area contributed by atoms with Gasteiger partial charge < -0.3 is 4.74 Å². The number of ether oxygens (including phenoxy) is 1. The van der Waals surface area contributed by atoms with Crippen LogP contribution in [0.1, 0.15) is 5.56 Å². The van der Waals surface area contributed by atoms with E-state index in [1.807, 2.05) is 0 Å². The van der Waals surface area contributed by atoms with E-state index in [0.717, 1.165) is 0 Å². The summed E-state index contributed by atoms with van der Waals surface area (Å²) < 4.78 is 4.87. The minimum Gasteiger partial charge on any atom is -0.469 e. The molecule has 0 atom stereocenters. The zero-order chi connectivity index (χ0) is 12.3. The molecule has 0 N–H and O–H groups in total. The van der Waals surface area contributed by atoms with Crippen molar-refractivity contribution < 1.29 is 14.5 Å². The minimum atomic E-state index is -0.588. The summed E-state index contributed by atoms with van der Waals surface area (Å²) in [6, 6.07) is 2.69. The summed E-state index contributed by atoms with van der Waals surface area (Å²) >= 11 is 8.81. The van der Waals surface area contributed by atoms with Crippen molar-refractivity contribution in [3.8, 4) is 0 Å². The molecule has 5 nitrogen and oxygen atoms in total. The SMILES string of the molecule is COC(=O)Cc1c(Br)cc(Cl)cc1[N+](=O)[O-]. The molecule has 1 aromatic carbocycles. The highest BCUT2D eigenvalue weighted by molar-refractivity contribution is 9.10. The fourth-order valence-corrected chi connectivity index (χ4v) is 2.08. The van der Waals surface area contributed by atoms with Gasteiger partial charge in [-0.25, -0.2) is 0 Å². The van der Waals surface area contributed by atoms with Crippen LogP contribution < -0.4 is 0 Å². The van der Waals surface area contributed by atoms with Crippen LogP contribution in [-0.2, 0) is 16.0 Å². The van der Waals surface area contributed by atoms with Crippen molar-refractivity contribution in [3.63, 3.8) is 0 Å². The predicted molar refractivity (Wildman–Crippen MR) is 61.5 cm³/mol. The number of methoxy groups -OCH3 is 1. The van der Waals surface area contributed by atoms with Crippen molar-refractivity contribution in [1.82, 2.24) is 0 Å². The number of hydrogen-bond donors (Lipinski definition) is 0. The Morgan fingerprint density at radius 2 is 2.25 bits per heavy atom. The second-order valence-electron chi connectivity index (χ2n) is 2.90. The molecule has 0 aliphatic rings. The molecule has 16 heavy (non-hydrogen) atoms. The van der Waals surface area contributed by atoms with Gasteiger partial charge in [0.25, 0.3) is 5.69 Å². The maximum atomic E-state index is 11.1. The van der Waals surface area contributed by atoms with Crippen LogP contribution in [-0.4, -0.2) is 18.0 Å². The van der Waals surface area contributed by atoms with Crippen molar-refractivity contribution in [2.75, 3.05) is 7.11 Å². The molecular weight excluding hydrogens is 301 g/mol. The molecule has 1 rings (SSSR count). The average molecular weight is 309 g/mol. The van der Waals surface area contributed by atoms with Crippen LogP contribution in [0.15, 0.2) is 16.6 Å². The first kappa shape index (κ1) is 12.9. The van der Waals surface area contributed by atoms with Gasteiger partial charge in [-0.2, -0.15) is 0 Å². The second-order valence-corrected chi connectivity index (χ2v) is 4.19. The standard InChI is InChI=1S/C9H7BrClNO4/c1-16-9(13)4-6-7(10)2-5(11)3-8(6)12(14)15/h2-3H,4H2,1H3. The second kappa shape index (κ2) is 5.27. The van der Waals surface area contributed by atoms with Crippen LogP contribution in [0.3, 0.4) is 0 Å². The number of benzene rings is 1. The number of hydrogen-bond acceptors (Lipinski definition) is 4.